The zero-order valence-electron chi connectivity index (χ0n) is 10.9. The largest absolute Gasteiger partial charge is 0.327 e. The van der Waals surface area contributed by atoms with Crippen LogP contribution in [0.3, 0.4) is 0 Å². The van der Waals surface area contributed by atoms with Crippen molar-refractivity contribution in [3.63, 3.8) is 0 Å². The lowest BCUT2D eigenvalue weighted by Gasteiger charge is -2.21. The quantitative estimate of drug-likeness (QED) is 0.708. The first-order chi connectivity index (χ1) is 7.31. The van der Waals surface area contributed by atoms with Crippen LogP contribution < -0.4 is 5.73 Å². The van der Waals surface area contributed by atoms with E-state index in [0.717, 1.165) is 19.3 Å². The van der Waals surface area contributed by atoms with Crippen LogP contribution in [0.1, 0.15) is 40.0 Å². The lowest BCUT2D eigenvalue weighted by molar-refractivity contribution is 0.397. The average Bonchev–Trinajstić information content (AvgIpc) is 2.22. The first-order valence-corrected chi connectivity index (χ1v) is 7.61. The van der Waals surface area contributed by atoms with Crippen LogP contribution in [0.15, 0.2) is 0 Å². The molecule has 0 amide bonds. The number of nitrogens with zero attached hydrogens (tertiary/aromatic N) is 1. The minimum atomic E-state index is -3.07. The highest BCUT2D eigenvalue weighted by Gasteiger charge is 2.18. The van der Waals surface area contributed by atoms with Crippen molar-refractivity contribution in [1.29, 1.82) is 0 Å². The summed E-state index contributed by atoms with van der Waals surface area (Å²) in [5.41, 5.74) is 5.89. The number of hydrogen-bond donors (Lipinski definition) is 1. The maximum atomic E-state index is 11.8. The van der Waals surface area contributed by atoms with E-state index in [4.69, 9.17) is 5.73 Å². The summed E-state index contributed by atoms with van der Waals surface area (Å²) in [6.45, 7) is 6.61. The number of rotatable bonds is 8. The fourth-order valence-corrected chi connectivity index (χ4v) is 2.63. The van der Waals surface area contributed by atoms with Gasteiger partial charge in [-0.25, -0.2) is 12.7 Å². The molecule has 1 atom stereocenters. The second-order valence-electron chi connectivity index (χ2n) is 4.69. The Morgan fingerprint density at radius 2 is 1.88 bits per heavy atom. The van der Waals surface area contributed by atoms with Crippen molar-refractivity contribution in [3.8, 4) is 0 Å². The average molecular weight is 250 g/mol. The number of sulfonamides is 1. The van der Waals surface area contributed by atoms with E-state index in [1.54, 1.807) is 7.05 Å². The molecule has 2 N–H and O–H groups in total. The summed E-state index contributed by atoms with van der Waals surface area (Å²) in [5, 5.41) is 0. The highest BCUT2D eigenvalue weighted by Crippen LogP contribution is 2.07. The molecular weight excluding hydrogens is 224 g/mol. The smallest absolute Gasteiger partial charge is 0.213 e. The Labute approximate surface area is 100 Å². The lowest BCUT2D eigenvalue weighted by Crippen LogP contribution is -2.35. The SMILES string of the molecule is CCCCS(=O)(=O)N(C)CCC(N)C(C)C. The van der Waals surface area contributed by atoms with E-state index in [9.17, 15) is 8.42 Å². The molecule has 1 unspecified atom stereocenters. The van der Waals surface area contributed by atoms with E-state index in [2.05, 4.69) is 13.8 Å². The van der Waals surface area contributed by atoms with Gasteiger partial charge in [-0.1, -0.05) is 27.2 Å². The molecule has 16 heavy (non-hydrogen) atoms. The van der Waals surface area contributed by atoms with Crippen LogP contribution >= 0.6 is 0 Å². The summed E-state index contributed by atoms with van der Waals surface area (Å²) in [6, 6.07) is 0.0730. The molecule has 4 nitrogen and oxygen atoms in total. The summed E-state index contributed by atoms with van der Waals surface area (Å²) in [4.78, 5) is 0. The third kappa shape index (κ3) is 5.82. The molecule has 0 radical (unpaired) electrons. The van der Waals surface area contributed by atoms with Gasteiger partial charge in [0.2, 0.25) is 10.0 Å². The standard InChI is InChI=1S/C11H26N2O2S/c1-5-6-9-16(14,15)13(4)8-7-11(12)10(2)3/h10-11H,5-9,12H2,1-4H3. The topological polar surface area (TPSA) is 63.4 Å². The molecule has 0 aromatic carbocycles. The Hall–Kier alpha value is -0.130. The molecule has 0 bridgehead atoms. The van der Waals surface area contributed by atoms with Gasteiger partial charge in [-0.15, -0.1) is 0 Å². The Morgan fingerprint density at radius 3 is 2.31 bits per heavy atom. The highest BCUT2D eigenvalue weighted by molar-refractivity contribution is 7.89. The lowest BCUT2D eigenvalue weighted by atomic mass is 10.0. The van der Waals surface area contributed by atoms with Crippen molar-refractivity contribution in [2.75, 3.05) is 19.3 Å². The van der Waals surface area contributed by atoms with Crippen molar-refractivity contribution in [2.24, 2.45) is 11.7 Å². The second-order valence-corrected chi connectivity index (χ2v) is 6.88. The van der Waals surface area contributed by atoms with Crippen LogP contribution in [0.5, 0.6) is 0 Å². The van der Waals surface area contributed by atoms with Gasteiger partial charge in [-0.2, -0.15) is 0 Å². The van der Waals surface area contributed by atoms with Crippen molar-refractivity contribution in [3.05, 3.63) is 0 Å². The molecule has 0 rings (SSSR count). The molecule has 0 aliphatic carbocycles. The maximum Gasteiger partial charge on any atom is 0.213 e. The minimum absolute atomic E-state index is 0.0730. The van der Waals surface area contributed by atoms with Crippen LogP contribution in [-0.2, 0) is 10.0 Å². The predicted molar refractivity (Wildman–Crippen MR) is 68.8 cm³/mol. The van der Waals surface area contributed by atoms with Crippen LogP contribution in [0.25, 0.3) is 0 Å². The van der Waals surface area contributed by atoms with Crippen molar-refractivity contribution in [2.45, 2.75) is 46.1 Å². The van der Waals surface area contributed by atoms with E-state index in [-0.39, 0.29) is 11.8 Å². The molecule has 0 saturated heterocycles. The van der Waals surface area contributed by atoms with Gasteiger partial charge in [-0.05, 0) is 18.8 Å². The summed E-state index contributed by atoms with van der Waals surface area (Å²) in [6.07, 6.45) is 2.35. The van der Waals surface area contributed by atoms with Crippen molar-refractivity contribution >= 4 is 10.0 Å². The van der Waals surface area contributed by atoms with E-state index in [1.807, 2.05) is 6.92 Å². The van der Waals surface area contributed by atoms with Crippen LogP contribution in [0, 0.1) is 5.92 Å². The number of hydrogen-bond acceptors (Lipinski definition) is 3. The van der Waals surface area contributed by atoms with Gasteiger partial charge in [0.05, 0.1) is 5.75 Å². The second kappa shape index (κ2) is 7.25. The first-order valence-electron chi connectivity index (χ1n) is 6.00. The molecule has 0 saturated carbocycles. The Kier molecular flexibility index (Phi) is 7.19. The van der Waals surface area contributed by atoms with Gasteiger partial charge in [0.1, 0.15) is 0 Å². The van der Waals surface area contributed by atoms with Crippen molar-refractivity contribution in [1.82, 2.24) is 4.31 Å². The third-order valence-corrected chi connectivity index (χ3v) is 4.80. The van der Waals surface area contributed by atoms with Gasteiger partial charge >= 0.3 is 0 Å². The minimum Gasteiger partial charge on any atom is -0.327 e. The van der Waals surface area contributed by atoms with Crippen LogP contribution in [0.2, 0.25) is 0 Å². The van der Waals surface area contributed by atoms with Gasteiger partial charge in [0.15, 0.2) is 0 Å². The monoisotopic (exact) mass is 250 g/mol. The van der Waals surface area contributed by atoms with E-state index in [1.165, 1.54) is 4.31 Å². The zero-order valence-corrected chi connectivity index (χ0v) is 11.8. The molecule has 0 heterocycles. The Morgan fingerprint density at radius 1 is 1.31 bits per heavy atom. The summed E-state index contributed by atoms with van der Waals surface area (Å²) in [7, 11) is -1.43. The van der Waals surface area contributed by atoms with E-state index < -0.39 is 10.0 Å². The molecular formula is C11H26N2O2S. The molecule has 0 fully saturated rings. The summed E-state index contributed by atoms with van der Waals surface area (Å²) >= 11 is 0. The summed E-state index contributed by atoms with van der Waals surface area (Å²) in [5.74, 6) is 0.642. The molecule has 0 aromatic rings. The predicted octanol–water partition coefficient (Wildman–Crippen LogP) is 1.42. The number of unbranched alkanes of at least 4 members (excludes halogenated alkanes) is 1. The van der Waals surface area contributed by atoms with Gasteiger partial charge in [0, 0.05) is 19.6 Å². The maximum absolute atomic E-state index is 11.8. The van der Waals surface area contributed by atoms with Crippen molar-refractivity contribution < 1.29 is 8.42 Å². The summed E-state index contributed by atoms with van der Waals surface area (Å²) < 4.78 is 24.9. The molecule has 0 spiro atoms. The van der Waals surface area contributed by atoms with Crippen LogP contribution in [-0.4, -0.2) is 38.1 Å². The Bertz CT molecular complexity index is 276. The zero-order chi connectivity index (χ0) is 12.8. The molecule has 0 aliphatic heterocycles. The fourth-order valence-electron chi connectivity index (χ4n) is 1.29. The number of nitrogens with two attached hydrogens (primary N) is 1. The molecule has 5 heteroatoms. The molecule has 98 valence electrons. The van der Waals surface area contributed by atoms with Gasteiger partial charge in [0.25, 0.3) is 0 Å². The molecule has 0 aromatic heterocycles. The third-order valence-electron chi connectivity index (χ3n) is 2.86. The highest BCUT2D eigenvalue weighted by atomic mass is 32.2. The first kappa shape index (κ1) is 15.9. The van der Waals surface area contributed by atoms with E-state index >= 15 is 0 Å². The van der Waals surface area contributed by atoms with Gasteiger partial charge < -0.3 is 5.73 Å². The van der Waals surface area contributed by atoms with Gasteiger partial charge in [-0.3, -0.25) is 0 Å². The normalized spacial score (nSPS) is 14.7. The molecule has 0 aliphatic rings. The Balaban J connectivity index is 4.10. The van der Waals surface area contributed by atoms with E-state index in [0.29, 0.717) is 12.5 Å². The van der Waals surface area contributed by atoms with Crippen LogP contribution in [0.4, 0.5) is 0 Å². The fraction of sp³-hybridized carbons (Fsp3) is 1.00.